The van der Waals surface area contributed by atoms with E-state index in [9.17, 15) is 9.59 Å². The Morgan fingerprint density at radius 2 is 1.79 bits per heavy atom. The van der Waals surface area contributed by atoms with Crippen LogP contribution >= 0.6 is 0 Å². The number of aliphatic hydroxyl groups is 1. The molecule has 1 aromatic carbocycles. The van der Waals surface area contributed by atoms with Gasteiger partial charge in [0.25, 0.3) is 11.8 Å². The highest BCUT2D eigenvalue weighted by Crippen LogP contribution is 2.16. The molecule has 0 bridgehead atoms. The molecule has 5 heteroatoms. The van der Waals surface area contributed by atoms with Crippen LogP contribution in [0.1, 0.15) is 55.3 Å². The number of carbonyl (C=O) groups is 2. The van der Waals surface area contributed by atoms with Gasteiger partial charge in [-0.2, -0.15) is 0 Å². The summed E-state index contributed by atoms with van der Waals surface area (Å²) in [6.45, 7) is 10.6. The number of carbonyl (C=O) groups excluding carboxylic acids is 2. The molecule has 2 atom stereocenters. The zero-order valence-electron chi connectivity index (χ0n) is 15.6. The van der Waals surface area contributed by atoms with Crippen molar-refractivity contribution in [2.45, 2.75) is 40.7 Å². The maximum atomic E-state index is 12.5. The summed E-state index contributed by atoms with van der Waals surface area (Å²) in [4.78, 5) is 26.5. The molecular weight excluding hydrogens is 304 g/mol. The minimum absolute atomic E-state index is 0.00919. The van der Waals surface area contributed by atoms with E-state index in [4.69, 9.17) is 5.11 Å². The fourth-order valence-electron chi connectivity index (χ4n) is 2.39. The Morgan fingerprint density at radius 1 is 1.21 bits per heavy atom. The molecular formula is C19H30N2O3. The van der Waals surface area contributed by atoms with Crippen molar-refractivity contribution in [2.75, 3.05) is 20.2 Å². The second-order valence-corrected chi connectivity index (χ2v) is 7.72. The maximum Gasteiger partial charge on any atom is 0.253 e. The van der Waals surface area contributed by atoms with E-state index in [1.54, 1.807) is 36.2 Å². The van der Waals surface area contributed by atoms with Crippen LogP contribution in [0.25, 0.3) is 0 Å². The number of amides is 2. The van der Waals surface area contributed by atoms with E-state index in [1.807, 2.05) is 13.8 Å². The Morgan fingerprint density at radius 3 is 2.33 bits per heavy atom. The summed E-state index contributed by atoms with van der Waals surface area (Å²) >= 11 is 0. The largest absolute Gasteiger partial charge is 0.396 e. The highest BCUT2D eigenvalue weighted by Gasteiger charge is 2.20. The van der Waals surface area contributed by atoms with Gasteiger partial charge in [-0.1, -0.05) is 33.8 Å². The van der Waals surface area contributed by atoms with E-state index in [-0.39, 0.29) is 35.8 Å². The fourth-order valence-corrected chi connectivity index (χ4v) is 2.39. The quantitative estimate of drug-likeness (QED) is 0.840. The fraction of sp³-hybridized carbons (Fsp3) is 0.579. The van der Waals surface area contributed by atoms with Crippen LogP contribution < -0.4 is 5.32 Å². The first kappa shape index (κ1) is 20.2. The third kappa shape index (κ3) is 5.96. The Hall–Kier alpha value is -1.88. The molecule has 2 amide bonds. The number of aliphatic hydroxyl groups excluding tert-OH is 1. The number of benzene rings is 1. The van der Waals surface area contributed by atoms with Gasteiger partial charge in [0, 0.05) is 37.4 Å². The van der Waals surface area contributed by atoms with E-state index in [0.29, 0.717) is 17.7 Å². The van der Waals surface area contributed by atoms with Gasteiger partial charge < -0.3 is 15.3 Å². The number of nitrogens with one attached hydrogen (secondary N) is 1. The van der Waals surface area contributed by atoms with Crippen molar-refractivity contribution in [3.63, 3.8) is 0 Å². The average Bonchev–Trinajstić information content (AvgIpc) is 2.51. The summed E-state index contributed by atoms with van der Waals surface area (Å²) in [5, 5.41) is 12.0. The maximum absolute atomic E-state index is 12.5. The topological polar surface area (TPSA) is 69.6 Å². The Balaban J connectivity index is 2.86. The van der Waals surface area contributed by atoms with Crippen LogP contribution in [0.5, 0.6) is 0 Å². The molecule has 0 aliphatic heterocycles. The molecule has 134 valence electrons. The van der Waals surface area contributed by atoms with Crippen molar-refractivity contribution >= 4 is 11.8 Å². The smallest absolute Gasteiger partial charge is 0.253 e. The van der Waals surface area contributed by atoms with Crippen molar-refractivity contribution < 1.29 is 14.7 Å². The van der Waals surface area contributed by atoms with Gasteiger partial charge in [0.15, 0.2) is 0 Å². The molecule has 0 radical (unpaired) electrons. The summed E-state index contributed by atoms with van der Waals surface area (Å²) < 4.78 is 0. The Labute approximate surface area is 145 Å². The third-order valence-corrected chi connectivity index (χ3v) is 3.93. The van der Waals surface area contributed by atoms with Gasteiger partial charge in [-0.05, 0) is 36.5 Å². The van der Waals surface area contributed by atoms with E-state index >= 15 is 0 Å². The van der Waals surface area contributed by atoms with Crippen LogP contribution in [0.15, 0.2) is 24.3 Å². The summed E-state index contributed by atoms with van der Waals surface area (Å²) in [5.41, 5.74) is 0.953. The lowest BCUT2D eigenvalue weighted by Crippen LogP contribution is -2.38. The van der Waals surface area contributed by atoms with E-state index in [0.717, 1.165) is 0 Å². The first-order valence-corrected chi connectivity index (χ1v) is 8.32. The molecule has 24 heavy (non-hydrogen) atoms. The number of hydrogen-bond donors (Lipinski definition) is 2. The van der Waals surface area contributed by atoms with E-state index in [2.05, 4.69) is 26.1 Å². The summed E-state index contributed by atoms with van der Waals surface area (Å²) in [6.07, 6.45) is 0. The lowest BCUT2D eigenvalue weighted by atomic mass is 9.96. The van der Waals surface area contributed by atoms with Gasteiger partial charge >= 0.3 is 0 Å². The van der Waals surface area contributed by atoms with E-state index < -0.39 is 0 Å². The molecule has 0 saturated carbocycles. The van der Waals surface area contributed by atoms with Crippen LogP contribution in [0.2, 0.25) is 0 Å². The lowest BCUT2D eigenvalue weighted by molar-refractivity contribution is 0.0745. The molecule has 0 aliphatic carbocycles. The van der Waals surface area contributed by atoms with Crippen molar-refractivity contribution in [3.8, 4) is 0 Å². The monoisotopic (exact) mass is 334 g/mol. The molecule has 0 spiro atoms. The second-order valence-electron chi connectivity index (χ2n) is 7.72. The third-order valence-electron chi connectivity index (χ3n) is 3.93. The molecule has 0 aliphatic rings. The second kappa shape index (κ2) is 8.29. The molecule has 2 N–H and O–H groups in total. The summed E-state index contributed by atoms with van der Waals surface area (Å²) in [6, 6.07) is 6.59. The van der Waals surface area contributed by atoms with Crippen molar-refractivity contribution in [2.24, 2.45) is 11.3 Å². The van der Waals surface area contributed by atoms with Crippen LogP contribution in [0.4, 0.5) is 0 Å². The zero-order chi connectivity index (χ0) is 18.5. The predicted molar refractivity (Wildman–Crippen MR) is 96.0 cm³/mol. The van der Waals surface area contributed by atoms with Gasteiger partial charge in [0.05, 0.1) is 0 Å². The van der Waals surface area contributed by atoms with E-state index in [1.165, 1.54) is 0 Å². The molecule has 0 heterocycles. The molecule has 2 unspecified atom stereocenters. The molecule has 0 saturated heterocycles. The molecule has 0 fully saturated rings. The van der Waals surface area contributed by atoms with Crippen molar-refractivity contribution in [1.82, 2.24) is 10.2 Å². The highest BCUT2D eigenvalue weighted by molar-refractivity contribution is 5.99. The molecule has 5 nitrogen and oxygen atoms in total. The average molecular weight is 334 g/mol. The lowest BCUT2D eigenvalue weighted by Gasteiger charge is -2.26. The Bertz CT molecular complexity index is 578. The van der Waals surface area contributed by atoms with Crippen LogP contribution in [-0.4, -0.2) is 48.1 Å². The van der Waals surface area contributed by atoms with Gasteiger partial charge in [-0.25, -0.2) is 0 Å². The molecule has 0 aromatic heterocycles. The standard InChI is InChI=1S/C19H30N2O3/c1-13(11-22)14(2)20-17(23)15-8-7-9-16(10-15)18(24)21(6)12-19(3,4)5/h7-10,13-14,22H,11-12H2,1-6H3,(H,20,23). The first-order chi connectivity index (χ1) is 11.0. The van der Waals surface area contributed by atoms with Crippen LogP contribution in [0.3, 0.4) is 0 Å². The Kier molecular flexibility index (Phi) is 6.96. The van der Waals surface area contributed by atoms with Crippen LogP contribution in [-0.2, 0) is 0 Å². The van der Waals surface area contributed by atoms with Crippen molar-refractivity contribution in [3.05, 3.63) is 35.4 Å². The molecule has 1 rings (SSSR count). The normalized spacial score (nSPS) is 14.0. The minimum Gasteiger partial charge on any atom is -0.396 e. The van der Waals surface area contributed by atoms with Crippen molar-refractivity contribution in [1.29, 1.82) is 0 Å². The number of rotatable bonds is 6. The predicted octanol–water partition coefficient (Wildman–Crippen LogP) is 2.55. The molecule has 1 aromatic rings. The minimum atomic E-state index is -0.240. The number of nitrogens with zero attached hydrogens (tertiary/aromatic N) is 1. The van der Waals surface area contributed by atoms with Gasteiger partial charge in [-0.3, -0.25) is 9.59 Å². The van der Waals surface area contributed by atoms with Gasteiger partial charge in [0.1, 0.15) is 0 Å². The highest BCUT2D eigenvalue weighted by atomic mass is 16.3. The number of hydrogen-bond acceptors (Lipinski definition) is 3. The first-order valence-electron chi connectivity index (χ1n) is 8.32. The van der Waals surface area contributed by atoms with Crippen LogP contribution in [0, 0.1) is 11.3 Å². The summed E-state index contributed by atoms with van der Waals surface area (Å²) in [7, 11) is 1.77. The van der Waals surface area contributed by atoms with Gasteiger partial charge in [0.2, 0.25) is 0 Å². The SMILES string of the molecule is CC(CO)C(C)NC(=O)c1cccc(C(=O)N(C)CC(C)(C)C)c1. The zero-order valence-corrected chi connectivity index (χ0v) is 15.6. The van der Waals surface area contributed by atoms with Gasteiger partial charge in [-0.15, -0.1) is 0 Å². The summed E-state index contributed by atoms with van der Waals surface area (Å²) in [5.74, 6) is -0.371.